The van der Waals surface area contributed by atoms with Crippen molar-refractivity contribution in [1.82, 2.24) is 15.5 Å². The van der Waals surface area contributed by atoms with Crippen molar-refractivity contribution in [3.8, 4) is 0 Å². The molecule has 0 radical (unpaired) electrons. The van der Waals surface area contributed by atoms with Gasteiger partial charge in [0, 0.05) is 6.61 Å². The average molecular weight is 281 g/mol. The first kappa shape index (κ1) is 14.0. The van der Waals surface area contributed by atoms with E-state index in [9.17, 15) is 0 Å². The van der Waals surface area contributed by atoms with Gasteiger partial charge in [-0.2, -0.15) is 4.98 Å². The molecule has 0 amide bonds. The lowest BCUT2D eigenvalue weighted by Gasteiger charge is -2.22. The molecule has 0 spiro atoms. The van der Waals surface area contributed by atoms with E-state index in [1.54, 1.807) is 0 Å². The summed E-state index contributed by atoms with van der Waals surface area (Å²) >= 11 is 0. The fraction of sp³-hybridized carbons (Fsp3) is 0.857. The van der Waals surface area contributed by atoms with E-state index < -0.39 is 0 Å². The predicted molar refractivity (Wildman–Crippen MR) is 72.4 cm³/mol. The minimum atomic E-state index is -0.363. The second-order valence-corrected chi connectivity index (χ2v) is 5.76. The molecule has 2 saturated heterocycles. The zero-order valence-electron chi connectivity index (χ0n) is 12.1. The van der Waals surface area contributed by atoms with Crippen LogP contribution in [0.1, 0.15) is 44.3 Å². The maximum Gasteiger partial charge on any atom is 0.229 e. The standard InChI is InChI=1S/C14H23N3O3/c1-14(6-2-9-19-14)13-16-12(20-17-13)5-10-18-11-3-7-15-8-4-11/h11,15H,2-10H2,1H3. The van der Waals surface area contributed by atoms with Crippen LogP contribution in [0.3, 0.4) is 0 Å². The van der Waals surface area contributed by atoms with E-state index >= 15 is 0 Å². The van der Waals surface area contributed by atoms with Crippen molar-refractivity contribution >= 4 is 0 Å². The average Bonchev–Trinajstić information content (AvgIpc) is 3.10. The Labute approximate surface area is 119 Å². The number of nitrogens with zero attached hydrogens (tertiary/aromatic N) is 2. The van der Waals surface area contributed by atoms with Crippen molar-refractivity contribution in [3.05, 3.63) is 11.7 Å². The largest absolute Gasteiger partial charge is 0.378 e. The van der Waals surface area contributed by atoms with Crippen LogP contribution in [0.25, 0.3) is 0 Å². The predicted octanol–water partition coefficient (Wildman–Crippen LogP) is 1.41. The van der Waals surface area contributed by atoms with Gasteiger partial charge < -0.3 is 19.3 Å². The zero-order valence-corrected chi connectivity index (χ0v) is 12.1. The Bertz CT molecular complexity index is 423. The van der Waals surface area contributed by atoms with Gasteiger partial charge in [0.15, 0.2) is 0 Å². The molecule has 6 heteroatoms. The monoisotopic (exact) mass is 281 g/mol. The van der Waals surface area contributed by atoms with Gasteiger partial charge in [0.05, 0.1) is 19.1 Å². The third kappa shape index (κ3) is 3.19. The van der Waals surface area contributed by atoms with Gasteiger partial charge in [0.25, 0.3) is 0 Å². The molecule has 1 atom stereocenters. The van der Waals surface area contributed by atoms with Gasteiger partial charge in [-0.1, -0.05) is 5.16 Å². The number of nitrogens with one attached hydrogen (secondary N) is 1. The van der Waals surface area contributed by atoms with Crippen molar-refractivity contribution in [1.29, 1.82) is 0 Å². The Morgan fingerprint density at radius 1 is 1.40 bits per heavy atom. The van der Waals surface area contributed by atoms with Crippen LogP contribution < -0.4 is 5.32 Å². The fourth-order valence-electron chi connectivity index (χ4n) is 2.80. The second kappa shape index (κ2) is 6.20. The van der Waals surface area contributed by atoms with Crippen molar-refractivity contribution in [3.63, 3.8) is 0 Å². The van der Waals surface area contributed by atoms with E-state index in [4.69, 9.17) is 14.0 Å². The first-order chi connectivity index (χ1) is 9.76. The number of piperidine rings is 1. The number of hydrogen-bond donors (Lipinski definition) is 1. The van der Waals surface area contributed by atoms with E-state index in [1.165, 1.54) is 0 Å². The van der Waals surface area contributed by atoms with Crippen molar-refractivity contribution < 1.29 is 14.0 Å². The van der Waals surface area contributed by atoms with Crippen LogP contribution in [-0.2, 0) is 21.5 Å². The third-order valence-electron chi connectivity index (χ3n) is 4.12. The number of hydrogen-bond acceptors (Lipinski definition) is 6. The lowest BCUT2D eigenvalue weighted by Crippen LogP contribution is -2.32. The molecular weight excluding hydrogens is 258 g/mol. The van der Waals surface area contributed by atoms with Crippen molar-refractivity contribution in [2.75, 3.05) is 26.3 Å². The summed E-state index contributed by atoms with van der Waals surface area (Å²) in [5, 5.41) is 7.39. The van der Waals surface area contributed by atoms with Gasteiger partial charge in [-0.15, -0.1) is 0 Å². The molecule has 0 aliphatic carbocycles. The Morgan fingerprint density at radius 3 is 3.00 bits per heavy atom. The normalized spacial score (nSPS) is 28.1. The first-order valence-electron chi connectivity index (χ1n) is 7.56. The highest BCUT2D eigenvalue weighted by Gasteiger charge is 2.36. The van der Waals surface area contributed by atoms with Gasteiger partial charge in [0.1, 0.15) is 5.60 Å². The van der Waals surface area contributed by atoms with Gasteiger partial charge in [-0.3, -0.25) is 0 Å². The molecule has 2 aliphatic heterocycles. The third-order valence-corrected chi connectivity index (χ3v) is 4.12. The number of ether oxygens (including phenoxy) is 2. The quantitative estimate of drug-likeness (QED) is 0.880. The summed E-state index contributed by atoms with van der Waals surface area (Å²) in [6, 6.07) is 0. The summed E-state index contributed by atoms with van der Waals surface area (Å²) < 4.78 is 16.9. The van der Waals surface area contributed by atoms with Crippen molar-refractivity contribution in [2.24, 2.45) is 0 Å². The molecule has 0 aromatic carbocycles. The lowest BCUT2D eigenvalue weighted by atomic mass is 10.0. The van der Waals surface area contributed by atoms with Gasteiger partial charge in [-0.25, -0.2) is 0 Å². The number of rotatable bonds is 5. The molecule has 1 aromatic rings. The van der Waals surface area contributed by atoms with Crippen LogP contribution in [0.2, 0.25) is 0 Å². The van der Waals surface area contributed by atoms with Gasteiger partial charge >= 0.3 is 0 Å². The maximum atomic E-state index is 5.85. The second-order valence-electron chi connectivity index (χ2n) is 5.76. The minimum Gasteiger partial charge on any atom is -0.378 e. The molecular formula is C14H23N3O3. The Balaban J connectivity index is 1.47. The highest BCUT2D eigenvalue weighted by molar-refractivity contribution is 5.01. The fourth-order valence-corrected chi connectivity index (χ4v) is 2.80. The molecule has 2 aliphatic rings. The van der Waals surface area contributed by atoms with Crippen molar-refractivity contribution in [2.45, 2.75) is 50.7 Å². The highest BCUT2D eigenvalue weighted by atomic mass is 16.5. The molecule has 0 saturated carbocycles. The molecule has 1 N–H and O–H groups in total. The van der Waals surface area contributed by atoms with E-state index in [-0.39, 0.29) is 5.60 Å². The van der Waals surface area contributed by atoms with Crippen LogP contribution in [-0.4, -0.2) is 42.5 Å². The molecule has 112 valence electrons. The topological polar surface area (TPSA) is 69.4 Å². The van der Waals surface area contributed by atoms with Crippen LogP contribution in [0.15, 0.2) is 4.52 Å². The van der Waals surface area contributed by atoms with Crippen LogP contribution >= 0.6 is 0 Å². The molecule has 0 bridgehead atoms. The first-order valence-corrected chi connectivity index (χ1v) is 7.56. The van der Waals surface area contributed by atoms with Gasteiger partial charge in [0.2, 0.25) is 11.7 Å². The van der Waals surface area contributed by atoms with Crippen LogP contribution in [0.5, 0.6) is 0 Å². The van der Waals surface area contributed by atoms with Crippen LogP contribution in [0, 0.1) is 0 Å². The minimum absolute atomic E-state index is 0.363. The summed E-state index contributed by atoms with van der Waals surface area (Å²) in [5.74, 6) is 1.32. The summed E-state index contributed by atoms with van der Waals surface area (Å²) in [6.45, 7) is 5.54. The molecule has 1 unspecified atom stereocenters. The number of aromatic nitrogens is 2. The van der Waals surface area contributed by atoms with Crippen LogP contribution in [0.4, 0.5) is 0 Å². The molecule has 2 fully saturated rings. The Morgan fingerprint density at radius 2 is 2.25 bits per heavy atom. The zero-order chi connectivity index (χ0) is 13.8. The van der Waals surface area contributed by atoms with E-state index in [2.05, 4.69) is 15.5 Å². The molecule has 1 aromatic heterocycles. The molecule has 3 rings (SSSR count). The maximum absolute atomic E-state index is 5.85. The Hall–Kier alpha value is -0.980. The highest BCUT2D eigenvalue weighted by Crippen LogP contribution is 2.33. The summed E-state index contributed by atoms with van der Waals surface area (Å²) in [6.07, 6.45) is 5.22. The molecule has 6 nitrogen and oxygen atoms in total. The smallest absolute Gasteiger partial charge is 0.229 e. The lowest BCUT2D eigenvalue weighted by molar-refractivity contribution is 0.00768. The van der Waals surface area contributed by atoms with Gasteiger partial charge in [-0.05, 0) is 45.7 Å². The summed E-state index contributed by atoms with van der Waals surface area (Å²) in [5.41, 5.74) is -0.363. The summed E-state index contributed by atoms with van der Waals surface area (Å²) in [4.78, 5) is 4.45. The van der Waals surface area contributed by atoms with E-state index in [1.807, 2.05) is 6.92 Å². The van der Waals surface area contributed by atoms with E-state index in [0.29, 0.717) is 30.8 Å². The Kier molecular flexibility index (Phi) is 4.33. The van der Waals surface area contributed by atoms with E-state index in [0.717, 1.165) is 45.4 Å². The summed E-state index contributed by atoms with van der Waals surface area (Å²) in [7, 11) is 0. The SMILES string of the molecule is CC1(c2noc(CCOC3CCNCC3)n2)CCCO1. The molecule has 20 heavy (non-hydrogen) atoms. The molecule has 3 heterocycles.